The van der Waals surface area contributed by atoms with E-state index in [4.69, 9.17) is 0 Å². The van der Waals surface area contributed by atoms with Crippen LogP contribution in [-0.2, 0) is 11.3 Å². The van der Waals surface area contributed by atoms with Gasteiger partial charge in [0.1, 0.15) is 5.52 Å². The number of benzene rings is 1. The third kappa shape index (κ3) is 3.90. The molecule has 2 rings (SSSR count). The molecule has 0 aliphatic heterocycles. The van der Waals surface area contributed by atoms with Gasteiger partial charge in [0.15, 0.2) is 0 Å². The SMILES string of the molecule is CC(C)CCN(C)C(=O)CCn1nnc2ccccc2c1=O. The van der Waals surface area contributed by atoms with Crippen LogP contribution in [0.2, 0.25) is 0 Å². The van der Waals surface area contributed by atoms with E-state index in [1.165, 1.54) is 4.68 Å². The summed E-state index contributed by atoms with van der Waals surface area (Å²) in [5, 5.41) is 8.43. The summed E-state index contributed by atoms with van der Waals surface area (Å²) in [6.07, 6.45) is 1.22. The van der Waals surface area contributed by atoms with Crippen LogP contribution in [-0.4, -0.2) is 39.4 Å². The highest BCUT2D eigenvalue weighted by molar-refractivity contribution is 5.77. The van der Waals surface area contributed by atoms with Gasteiger partial charge in [-0.25, -0.2) is 4.68 Å². The maximum absolute atomic E-state index is 12.3. The molecule has 0 fully saturated rings. The van der Waals surface area contributed by atoms with Crippen LogP contribution in [0.25, 0.3) is 10.9 Å². The Morgan fingerprint density at radius 1 is 1.32 bits per heavy atom. The zero-order valence-corrected chi connectivity index (χ0v) is 13.3. The summed E-state index contributed by atoms with van der Waals surface area (Å²) < 4.78 is 1.26. The summed E-state index contributed by atoms with van der Waals surface area (Å²) in [4.78, 5) is 26.0. The maximum Gasteiger partial charge on any atom is 0.277 e. The van der Waals surface area contributed by atoms with E-state index in [1.54, 1.807) is 30.1 Å². The molecule has 0 aliphatic carbocycles. The van der Waals surface area contributed by atoms with Gasteiger partial charge in [-0.1, -0.05) is 31.2 Å². The monoisotopic (exact) mass is 302 g/mol. The fraction of sp³-hybridized carbons (Fsp3) is 0.500. The maximum atomic E-state index is 12.3. The summed E-state index contributed by atoms with van der Waals surface area (Å²) in [5.74, 6) is 0.576. The minimum atomic E-state index is -0.205. The first-order valence-electron chi connectivity index (χ1n) is 7.55. The van der Waals surface area contributed by atoms with Crippen LogP contribution in [0, 0.1) is 5.92 Å². The van der Waals surface area contributed by atoms with Crippen molar-refractivity contribution >= 4 is 16.8 Å². The lowest BCUT2D eigenvalue weighted by Crippen LogP contribution is -2.31. The summed E-state index contributed by atoms with van der Waals surface area (Å²) in [6.45, 7) is 5.24. The second-order valence-electron chi connectivity index (χ2n) is 5.88. The first kappa shape index (κ1) is 16.1. The second-order valence-corrected chi connectivity index (χ2v) is 5.88. The van der Waals surface area contributed by atoms with E-state index in [9.17, 15) is 9.59 Å². The predicted molar refractivity (Wildman–Crippen MR) is 85.5 cm³/mol. The van der Waals surface area contributed by atoms with Crippen molar-refractivity contribution in [1.82, 2.24) is 19.9 Å². The number of aromatic nitrogens is 3. The van der Waals surface area contributed by atoms with E-state index < -0.39 is 0 Å². The van der Waals surface area contributed by atoms with E-state index in [-0.39, 0.29) is 24.4 Å². The zero-order valence-electron chi connectivity index (χ0n) is 13.3. The van der Waals surface area contributed by atoms with Gasteiger partial charge in [0.2, 0.25) is 5.91 Å². The molecular formula is C16H22N4O2. The molecule has 0 atom stereocenters. The molecule has 0 unspecified atom stereocenters. The fourth-order valence-electron chi connectivity index (χ4n) is 2.14. The molecule has 2 aromatic rings. The van der Waals surface area contributed by atoms with E-state index in [2.05, 4.69) is 24.2 Å². The number of rotatable bonds is 6. The number of fused-ring (bicyclic) bond motifs is 1. The smallest absolute Gasteiger partial charge is 0.277 e. The molecule has 0 spiro atoms. The van der Waals surface area contributed by atoms with Gasteiger partial charge in [0, 0.05) is 20.0 Å². The van der Waals surface area contributed by atoms with Gasteiger partial charge in [0.05, 0.1) is 11.9 Å². The van der Waals surface area contributed by atoms with Gasteiger partial charge in [-0.15, -0.1) is 5.10 Å². The summed E-state index contributed by atoms with van der Waals surface area (Å²) in [6, 6.07) is 7.08. The van der Waals surface area contributed by atoms with Crippen LogP contribution >= 0.6 is 0 Å². The molecule has 0 aliphatic rings. The largest absolute Gasteiger partial charge is 0.346 e. The van der Waals surface area contributed by atoms with Crippen LogP contribution in [0.3, 0.4) is 0 Å². The van der Waals surface area contributed by atoms with Crippen LogP contribution < -0.4 is 5.56 Å². The zero-order chi connectivity index (χ0) is 16.1. The van der Waals surface area contributed by atoms with Crippen molar-refractivity contribution < 1.29 is 4.79 Å². The molecule has 0 saturated carbocycles. The molecule has 1 aromatic heterocycles. The summed E-state index contributed by atoms with van der Waals surface area (Å²) in [5.41, 5.74) is 0.368. The van der Waals surface area contributed by atoms with Crippen LogP contribution in [0.15, 0.2) is 29.1 Å². The van der Waals surface area contributed by atoms with Crippen LogP contribution in [0.1, 0.15) is 26.7 Å². The second kappa shape index (κ2) is 7.15. The minimum Gasteiger partial charge on any atom is -0.346 e. The third-order valence-corrected chi connectivity index (χ3v) is 3.63. The average molecular weight is 302 g/mol. The van der Waals surface area contributed by atoms with Crippen LogP contribution in [0.4, 0.5) is 0 Å². The summed E-state index contributed by atoms with van der Waals surface area (Å²) in [7, 11) is 1.79. The van der Waals surface area contributed by atoms with Crippen molar-refractivity contribution in [2.75, 3.05) is 13.6 Å². The van der Waals surface area contributed by atoms with Crippen molar-refractivity contribution in [3.05, 3.63) is 34.6 Å². The molecule has 6 nitrogen and oxygen atoms in total. The van der Waals surface area contributed by atoms with Crippen molar-refractivity contribution in [2.24, 2.45) is 5.92 Å². The van der Waals surface area contributed by atoms with Gasteiger partial charge >= 0.3 is 0 Å². The number of hydrogen-bond acceptors (Lipinski definition) is 4. The lowest BCUT2D eigenvalue weighted by atomic mass is 10.1. The molecule has 6 heteroatoms. The molecule has 118 valence electrons. The predicted octanol–water partition coefficient (Wildman–Crippen LogP) is 1.69. The average Bonchev–Trinajstić information content (AvgIpc) is 2.51. The lowest BCUT2D eigenvalue weighted by Gasteiger charge is -2.18. The Balaban J connectivity index is 2.01. The molecule has 0 bridgehead atoms. The molecule has 0 saturated heterocycles. The first-order valence-corrected chi connectivity index (χ1v) is 7.55. The number of aryl methyl sites for hydroxylation is 1. The van der Waals surface area contributed by atoms with E-state index >= 15 is 0 Å². The molecule has 22 heavy (non-hydrogen) atoms. The molecule has 0 radical (unpaired) electrons. The number of carbonyl (C=O) groups is 1. The molecular weight excluding hydrogens is 280 g/mol. The highest BCUT2D eigenvalue weighted by atomic mass is 16.2. The van der Waals surface area contributed by atoms with Gasteiger partial charge in [-0.3, -0.25) is 9.59 Å². The lowest BCUT2D eigenvalue weighted by molar-refractivity contribution is -0.130. The number of carbonyl (C=O) groups excluding carboxylic acids is 1. The quantitative estimate of drug-likeness (QED) is 0.814. The third-order valence-electron chi connectivity index (χ3n) is 3.63. The standard InChI is InChI=1S/C16H22N4O2/c1-12(2)8-10-19(3)15(21)9-11-20-16(22)13-6-4-5-7-14(13)17-18-20/h4-7,12H,8-11H2,1-3H3. The Kier molecular flexibility index (Phi) is 5.25. The van der Waals surface area contributed by atoms with E-state index in [1.807, 2.05) is 6.07 Å². The topological polar surface area (TPSA) is 68.1 Å². The Hall–Kier alpha value is -2.24. The Morgan fingerprint density at radius 2 is 2.05 bits per heavy atom. The molecule has 1 amide bonds. The van der Waals surface area contributed by atoms with Crippen molar-refractivity contribution in [2.45, 2.75) is 33.2 Å². The number of hydrogen-bond donors (Lipinski definition) is 0. The van der Waals surface area contributed by atoms with Gasteiger partial charge in [0.25, 0.3) is 5.56 Å². The molecule has 1 aromatic carbocycles. The van der Waals surface area contributed by atoms with Crippen molar-refractivity contribution in [3.8, 4) is 0 Å². The molecule has 0 N–H and O–H groups in total. The van der Waals surface area contributed by atoms with E-state index in [0.717, 1.165) is 13.0 Å². The van der Waals surface area contributed by atoms with Gasteiger partial charge in [-0.05, 0) is 24.5 Å². The highest BCUT2D eigenvalue weighted by Crippen LogP contribution is 2.05. The van der Waals surface area contributed by atoms with E-state index in [0.29, 0.717) is 16.8 Å². The van der Waals surface area contributed by atoms with Gasteiger partial charge < -0.3 is 4.90 Å². The van der Waals surface area contributed by atoms with Crippen molar-refractivity contribution in [3.63, 3.8) is 0 Å². The minimum absolute atomic E-state index is 0.0162. The summed E-state index contributed by atoms with van der Waals surface area (Å²) >= 11 is 0. The Morgan fingerprint density at radius 3 is 2.77 bits per heavy atom. The number of amides is 1. The normalized spacial score (nSPS) is 11.1. The van der Waals surface area contributed by atoms with Gasteiger partial charge in [-0.2, -0.15) is 0 Å². The Labute approximate surface area is 129 Å². The van der Waals surface area contributed by atoms with Crippen LogP contribution in [0.5, 0.6) is 0 Å². The van der Waals surface area contributed by atoms with Crippen molar-refractivity contribution in [1.29, 1.82) is 0 Å². The number of nitrogens with zero attached hydrogens (tertiary/aromatic N) is 4. The fourth-order valence-corrected chi connectivity index (χ4v) is 2.14. The molecule has 1 heterocycles. The Bertz CT molecular complexity index is 709. The highest BCUT2D eigenvalue weighted by Gasteiger charge is 2.11. The first-order chi connectivity index (χ1) is 10.5.